The van der Waals surface area contributed by atoms with Crippen molar-refractivity contribution >= 4 is 57.8 Å². The first-order valence-electron chi connectivity index (χ1n) is 8.72. The van der Waals surface area contributed by atoms with Crippen molar-refractivity contribution in [3.8, 4) is 11.3 Å². The molecule has 1 aliphatic heterocycles. The van der Waals surface area contributed by atoms with E-state index < -0.39 is 22.7 Å². The van der Waals surface area contributed by atoms with Crippen molar-refractivity contribution in [1.29, 1.82) is 0 Å². The van der Waals surface area contributed by atoms with E-state index in [2.05, 4.69) is 10.3 Å². The molecule has 10 heteroatoms. The number of hydrogen-bond acceptors (Lipinski definition) is 4. The van der Waals surface area contributed by atoms with E-state index in [1.54, 1.807) is 30.3 Å². The molecule has 158 valence electrons. The van der Waals surface area contributed by atoms with Crippen LogP contribution in [0, 0.1) is 0 Å². The number of furan rings is 1. The van der Waals surface area contributed by atoms with E-state index in [0.717, 1.165) is 23.9 Å². The van der Waals surface area contributed by atoms with Gasteiger partial charge < -0.3 is 9.73 Å². The van der Waals surface area contributed by atoms with Gasteiger partial charge in [-0.15, -0.1) is 0 Å². The van der Waals surface area contributed by atoms with E-state index in [-0.39, 0.29) is 15.8 Å². The first-order valence-corrected chi connectivity index (χ1v) is 10.3. The minimum absolute atomic E-state index is 0.0137. The lowest BCUT2D eigenvalue weighted by Crippen LogP contribution is -2.19. The van der Waals surface area contributed by atoms with Crippen molar-refractivity contribution in [2.75, 3.05) is 0 Å². The highest BCUT2D eigenvalue weighted by molar-refractivity contribution is 8.18. The summed E-state index contributed by atoms with van der Waals surface area (Å²) >= 11 is 12.8. The Hall–Kier alpha value is -2.68. The molecule has 0 bridgehead atoms. The number of amides is 1. The molecule has 1 aliphatic rings. The predicted octanol–water partition coefficient (Wildman–Crippen LogP) is 7.16. The predicted molar refractivity (Wildman–Crippen MR) is 116 cm³/mol. The molecule has 2 aromatic carbocycles. The van der Waals surface area contributed by atoms with E-state index in [1.807, 2.05) is 6.07 Å². The molecule has 1 N–H and O–H groups in total. The molecule has 3 aromatic rings. The first-order chi connectivity index (χ1) is 14.7. The fourth-order valence-corrected chi connectivity index (χ4v) is 4.04. The summed E-state index contributed by atoms with van der Waals surface area (Å²) in [4.78, 5) is 16.6. The number of hydrogen-bond donors (Lipinski definition) is 1. The first kappa shape index (κ1) is 21.5. The molecule has 0 radical (unpaired) electrons. The van der Waals surface area contributed by atoms with Gasteiger partial charge in [-0.3, -0.25) is 4.79 Å². The highest BCUT2D eigenvalue weighted by Crippen LogP contribution is 2.38. The lowest BCUT2D eigenvalue weighted by Gasteiger charge is -2.09. The average Bonchev–Trinajstić information content (AvgIpc) is 3.30. The Labute approximate surface area is 188 Å². The third-order valence-corrected chi connectivity index (χ3v) is 5.75. The smallest absolute Gasteiger partial charge is 0.417 e. The number of nitrogens with one attached hydrogen (secondary N) is 1. The van der Waals surface area contributed by atoms with Gasteiger partial charge in [-0.05, 0) is 54.2 Å². The van der Waals surface area contributed by atoms with Crippen molar-refractivity contribution in [2.24, 2.45) is 4.99 Å². The number of carbonyl (C=O) groups excluding carboxylic acids is 1. The molecule has 4 rings (SSSR count). The standard InChI is InChI=1S/C21H11Cl2F3N2O2S/c22-15-4-2-1-3-13(15)17-8-6-12(30-17)10-18-19(29)28-20(31-18)27-11-5-7-16(23)14(9-11)21(24,25)26/h1-10H,(H,27,28,29). The van der Waals surface area contributed by atoms with Crippen molar-refractivity contribution in [3.63, 3.8) is 0 Å². The Balaban J connectivity index is 1.57. The molecule has 0 aliphatic carbocycles. The van der Waals surface area contributed by atoms with E-state index in [1.165, 1.54) is 12.1 Å². The zero-order valence-corrected chi connectivity index (χ0v) is 17.7. The van der Waals surface area contributed by atoms with Crippen LogP contribution in [0.1, 0.15) is 11.3 Å². The lowest BCUT2D eigenvalue weighted by atomic mass is 10.2. The third-order valence-electron chi connectivity index (χ3n) is 4.18. The van der Waals surface area contributed by atoms with Gasteiger partial charge in [0.2, 0.25) is 0 Å². The minimum Gasteiger partial charge on any atom is -0.457 e. The molecule has 1 fully saturated rings. The van der Waals surface area contributed by atoms with Gasteiger partial charge in [0.05, 0.1) is 26.2 Å². The topological polar surface area (TPSA) is 54.6 Å². The Morgan fingerprint density at radius 2 is 1.81 bits per heavy atom. The molecule has 1 amide bonds. The number of amidine groups is 1. The zero-order chi connectivity index (χ0) is 22.2. The van der Waals surface area contributed by atoms with Gasteiger partial charge >= 0.3 is 6.18 Å². The number of rotatable bonds is 3. The SMILES string of the molecule is O=C1NC(=Nc2ccc(Cl)c(C(F)(F)F)c2)SC1=Cc1ccc(-c2ccccc2Cl)o1. The maximum absolute atomic E-state index is 13.0. The normalized spacial score (nSPS) is 16.9. The van der Waals surface area contributed by atoms with Gasteiger partial charge in [0, 0.05) is 11.6 Å². The Bertz CT molecular complexity index is 1240. The number of benzene rings is 2. The largest absolute Gasteiger partial charge is 0.457 e. The van der Waals surface area contributed by atoms with Crippen LogP contribution in [0.15, 0.2) is 68.9 Å². The van der Waals surface area contributed by atoms with Crippen molar-refractivity contribution in [2.45, 2.75) is 6.18 Å². The van der Waals surface area contributed by atoms with Crippen LogP contribution < -0.4 is 5.32 Å². The molecule has 31 heavy (non-hydrogen) atoms. The molecule has 0 atom stereocenters. The van der Waals surface area contributed by atoms with E-state index in [9.17, 15) is 18.0 Å². The average molecular weight is 483 g/mol. The summed E-state index contributed by atoms with van der Waals surface area (Å²) < 4.78 is 44.8. The molecule has 1 aromatic heterocycles. The van der Waals surface area contributed by atoms with Gasteiger partial charge in [0.1, 0.15) is 11.5 Å². The molecular formula is C21H11Cl2F3N2O2S. The summed E-state index contributed by atoms with van der Waals surface area (Å²) in [6.07, 6.45) is -3.09. The quantitative estimate of drug-likeness (QED) is 0.402. The Morgan fingerprint density at radius 3 is 2.55 bits per heavy atom. The maximum atomic E-state index is 13.0. The van der Waals surface area contributed by atoms with Crippen LogP contribution >= 0.6 is 35.0 Å². The van der Waals surface area contributed by atoms with Crippen LogP contribution in [-0.4, -0.2) is 11.1 Å². The van der Waals surface area contributed by atoms with Crippen molar-refractivity contribution in [3.05, 3.63) is 80.9 Å². The summed E-state index contributed by atoms with van der Waals surface area (Å²) in [7, 11) is 0. The fraction of sp³-hybridized carbons (Fsp3) is 0.0476. The lowest BCUT2D eigenvalue weighted by molar-refractivity contribution is -0.137. The second-order valence-corrected chi connectivity index (χ2v) is 8.17. The monoisotopic (exact) mass is 482 g/mol. The van der Waals surface area contributed by atoms with Crippen LogP contribution in [0.2, 0.25) is 10.0 Å². The third kappa shape index (κ3) is 4.81. The maximum Gasteiger partial charge on any atom is 0.417 e. The summed E-state index contributed by atoms with van der Waals surface area (Å²) in [5.41, 5.74) is -0.272. The van der Waals surface area contributed by atoms with Crippen molar-refractivity contribution < 1.29 is 22.4 Å². The minimum atomic E-state index is -4.61. The van der Waals surface area contributed by atoms with E-state index in [4.69, 9.17) is 27.6 Å². The number of alkyl halides is 3. The second-order valence-electron chi connectivity index (χ2n) is 6.33. The molecule has 0 spiro atoms. The van der Waals surface area contributed by atoms with Gasteiger partial charge in [0.25, 0.3) is 5.91 Å². The molecular weight excluding hydrogens is 472 g/mol. The van der Waals surface area contributed by atoms with Crippen LogP contribution in [0.4, 0.5) is 18.9 Å². The summed E-state index contributed by atoms with van der Waals surface area (Å²) in [6, 6.07) is 13.9. The summed E-state index contributed by atoms with van der Waals surface area (Å²) in [5, 5.41) is 2.77. The molecule has 1 saturated heterocycles. The van der Waals surface area contributed by atoms with Crippen LogP contribution in [0.5, 0.6) is 0 Å². The molecule has 0 saturated carbocycles. The molecule has 0 unspecified atom stereocenters. The van der Waals surface area contributed by atoms with E-state index in [0.29, 0.717) is 22.1 Å². The highest BCUT2D eigenvalue weighted by atomic mass is 35.5. The van der Waals surface area contributed by atoms with Crippen LogP contribution in [0.25, 0.3) is 17.4 Å². The van der Waals surface area contributed by atoms with Gasteiger partial charge in [-0.25, -0.2) is 4.99 Å². The Kier molecular flexibility index (Phi) is 5.88. The number of carbonyl (C=O) groups is 1. The molecule has 2 heterocycles. The fourth-order valence-electron chi connectivity index (χ4n) is 2.76. The molecule has 4 nitrogen and oxygen atoms in total. The summed E-state index contributed by atoms with van der Waals surface area (Å²) in [5.74, 6) is 0.514. The van der Waals surface area contributed by atoms with Gasteiger partial charge in [-0.1, -0.05) is 35.3 Å². The number of halogens is 5. The number of thioether (sulfide) groups is 1. The number of nitrogens with zero attached hydrogens (tertiary/aromatic N) is 1. The van der Waals surface area contributed by atoms with Crippen LogP contribution in [-0.2, 0) is 11.0 Å². The highest BCUT2D eigenvalue weighted by Gasteiger charge is 2.33. The number of aliphatic imine (C=N–C) groups is 1. The summed E-state index contributed by atoms with van der Waals surface area (Å²) in [6.45, 7) is 0. The van der Waals surface area contributed by atoms with Crippen molar-refractivity contribution in [1.82, 2.24) is 5.32 Å². The van der Waals surface area contributed by atoms with Gasteiger partial charge in [-0.2, -0.15) is 13.2 Å². The Morgan fingerprint density at radius 1 is 1.03 bits per heavy atom. The second kappa shape index (κ2) is 8.45. The van der Waals surface area contributed by atoms with E-state index >= 15 is 0 Å². The zero-order valence-electron chi connectivity index (χ0n) is 15.3. The van der Waals surface area contributed by atoms with Crippen LogP contribution in [0.3, 0.4) is 0 Å². The van der Waals surface area contributed by atoms with Gasteiger partial charge in [0.15, 0.2) is 5.17 Å².